The Morgan fingerprint density at radius 1 is 1.05 bits per heavy atom. The van der Waals surface area contributed by atoms with Crippen LogP contribution in [0.4, 0.5) is 0 Å². The number of Topliss-reactive ketones (excluding diaryl/α,β-unsaturated/α-hetero) is 1. The maximum atomic E-state index is 13.6. The van der Waals surface area contributed by atoms with E-state index in [1.54, 1.807) is 6.92 Å². The molecule has 2 fully saturated rings. The van der Waals surface area contributed by atoms with Crippen molar-refractivity contribution in [1.82, 2.24) is 25.8 Å². The first-order valence-electron chi connectivity index (χ1n) is 14.5. The number of likely N-dealkylation sites (tertiary alicyclic amines) is 1. The lowest BCUT2D eigenvalue weighted by molar-refractivity contribution is -0.139. The van der Waals surface area contributed by atoms with Crippen molar-refractivity contribution in [1.29, 1.82) is 0 Å². The fourth-order valence-corrected chi connectivity index (χ4v) is 5.16. The molecule has 0 bridgehead atoms. The van der Waals surface area contributed by atoms with E-state index in [0.717, 1.165) is 5.56 Å². The van der Waals surface area contributed by atoms with Crippen LogP contribution in [0.5, 0.6) is 5.88 Å². The summed E-state index contributed by atoms with van der Waals surface area (Å²) in [7, 11) is 0. The van der Waals surface area contributed by atoms with Crippen molar-refractivity contribution in [3.05, 3.63) is 59.8 Å². The number of epoxide rings is 1. The normalized spacial score (nSPS) is 20.7. The second-order valence-electron chi connectivity index (χ2n) is 11.6. The Morgan fingerprint density at radius 3 is 2.42 bits per heavy atom. The molecule has 0 radical (unpaired) electrons. The van der Waals surface area contributed by atoms with Crippen LogP contribution in [-0.4, -0.2) is 87.8 Å². The maximum Gasteiger partial charge on any atom is 0.270 e. The minimum absolute atomic E-state index is 0.0465. The Bertz CT molecular complexity index is 1350. The lowest BCUT2D eigenvalue weighted by Crippen LogP contribution is -2.57. The number of nitrogens with zero attached hydrogens (tertiary/aromatic N) is 2. The van der Waals surface area contributed by atoms with Gasteiger partial charge in [0.1, 0.15) is 23.4 Å². The Labute approximate surface area is 250 Å². The van der Waals surface area contributed by atoms with E-state index in [9.17, 15) is 29.1 Å². The number of rotatable bonds is 13. The molecule has 2 saturated heterocycles. The van der Waals surface area contributed by atoms with Crippen LogP contribution in [0.1, 0.15) is 56.1 Å². The molecule has 2 aliphatic heterocycles. The SMILES string of the molecule is CC(C)C[C@H](NC(=O)[C@H](Cc1ccccc1)NC(=O)[C@@H]1CCCN1C(=O)CNC(=O)c1cccc(O)n1)C(=O)[C@@]1(C)CO1. The fourth-order valence-electron chi connectivity index (χ4n) is 5.16. The Hall–Kier alpha value is -4.32. The molecule has 4 N–H and O–H groups in total. The molecule has 0 spiro atoms. The molecule has 12 heteroatoms. The summed E-state index contributed by atoms with van der Waals surface area (Å²) in [6, 6.07) is 10.8. The molecule has 43 heavy (non-hydrogen) atoms. The number of hydrogen-bond acceptors (Lipinski definition) is 8. The average Bonchev–Trinajstić information content (AvgIpc) is 3.53. The van der Waals surface area contributed by atoms with Crippen molar-refractivity contribution >= 4 is 29.4 Å². The summed E-state index contributed by atoms with van der Waals surface area (Å²) in [6.45, 7) is 5.87. The number of ketones is 1. The summed E-state index contributed by atoms with van der Waals surface area (Å²) in [5, 5.41) is 17.7. The summed E-state index contributed by atoms with van der Waals surface area (Å²) in [4.78, 5) is 70.8. The standard InChI is InChI=1S/C31H39N5O7/c1-19(2)15-22(27(39)31(3)18-43-31)34-29(41)23(16-20-9-5-4-6-10-20)35-30(42)24-12-8-14-36(24)26(38)17-32-28(40)21-11-7-13-25(37)33-21/h4-7,9-11,13,19,22-24H,8,12,14-18H2,1-3H3,(H,32,40)(H,33,37)(H,34,41)(H,35,42)/t22-,23-,24-,31+/m0/s1. The van der Waals surface area contributed by atoms with Crippen LogP contribution in [0.2, 0.25) is 0 Å². The summed E-state index contributed by atoms with van der Waals surface area (Å²) < 4.78 is 5.34. The molecule has 0 aliphatic carbocycles. The number of amides is 4. The van der Waals surface area contributed by atoms with Gasteiger partial charge in [0.25, 0.3) is 5.91 Å². The molecular weight excluding hydrogens is 554 g/mol. The van der Waals surface area contributed by atoms with Crippen molar-refractivity contribution in [2.24, 2.45) is 5.92 Å². The van der Waals surface area contributed by atoms with Crippen LogP contribution in [0.25, 0.3) is 0 Å². The number of aromatic hydroxyl groups is 1. The minimum Gasteiger partial charge on any atom is -0.493 e. The monoisotopic (exact) mass is 593 g/mol. The zero-order valence-electron chi connectivity index (χ0n) is 24.7. The van der Waals surface area contributed by atoms with Crippen molar-refractivity contribution in [3.63, 3.8) is 0 Å². The van der Waals surface area contributed by atoms with E-state index in [0.29, 0.717) is 32.4 Å². The number of carbonyl (C=O) groups excluding carboxylic acids is 5. The third-order valence-electron chi connectivity index (χ3n) is 7.60. The van der Waals surface area contributed by atoms with Gasteiger partial charge in [-0.15, -0.1) is 0 Å². The average molecular weight is 594 g/mol. The van der Waals surface area contributed by atoms with Gasteiger partial charge >= 0.3 is 0 Å². The molecule has 230 valence electrons. The van der Waals surface area contributed by atoms with E-state index in [-0.39, 0.29) is 36.2 Å². The van der Waals surface area contributed by atoms with Crippen LogP contribution in [0.3, 0.4) is 0 Å². The Morgan fingerprint density at radius 2 is 1.77 bits per heavy atom. The molecule has 0 unspecified atom stereocenters. The van der Waals surface area contributed by atoms with E-state index >= 15 is 0 Å². The second kappa shape index (κ2) is 13.8. The third-order valence-corrected chi connectivity index (χ3v) is 7.60. The predicted octanol–water partition coefficient (Wildman–Crippen LogP) is 1.12. The van der Waals surface area contributed by atoms with Crippen LogP contribution < -0.4 is 16.0 Å². The van der Waals surface area contributed by atoms with Gasteiger partial charge in [-0.2, -0.15) is 0 Å². The number of hydrogen-bond donors (Lipinski definition) is 4. The van der Waals surface area contributed by atoms with E-state index in [2.05, 4.69) is 20.9 Å². The number of benzene rings is 1. The topological polar surface area (TPSA) is 170 Å². The molecule has 1 aromatic heterocycles. The van der Waals surface area contributed by atoms with Gasteiger partial charge in [0.15, 0.2) is 5.78 Å². The number of carbonyl (C=O) groups is 5. The predicted molar refractivity (Wildman–Crippen MR) is 156 cm³/mol. The van der Waals surface area contributed by atoms with Crippen molar-refractivity contribution in [2.45, 2.75) is 70.2 Å². The first kappa shape index (κ1) is 31.6. The van der Waals surface area contributed by atoms with Crippen LogP contribution in [0.15, 0.2) is 48.5 Å². The van der Waals surface area contributed by atoms with Crippen molar-refractivity contribution in [3.8, 4) is 5.88 Å². The molecule has 0 saturated carbocycles. The zero-order chi connectivity index (χ0) is 31.1. The summed E-state index contributed by atoms with van der Waals surface area (Å²) in [5.74, 6) is -2.49. The molecule has 4 amide bonds. The molecule has 4 rings (SSSR count). The molecule has 12 nitrogen and oxygen atoms in total. The molecular formula is C31H39N5O7. The van der Waals surface area contributed by atoms with Crippen molar-refractivity contribution < 1.29 is 33.8 Å². The first-order valence-corrected chi connectivity index (χ1v) is 14.5. The highest BCUT2D eigenvalue weighted by atomic mass is 16.6. The molecule has 4 atom stereocenters. The van der Waals surface area contributed by atoms with E-state index in [1.807, 2.05) is 44.2 Å². The highest BCUT2D eigenvalue weighted by Gasteiger charge is 2.50. The smallest absolute Gasteiger partial charge is 0.270 e. The van der Waals surface area contributed by atoms with E-state index < -0.39 is 47.4 Å². The second-order valence-corrected chi connectivity index (χ2v) is 11.6. The largest absolute Gasteiger partial charge is 0.493 e. The number of pyridine rings is 1. The molecule has 2 aromatic rings. The van der Waals surface area contributed by atoms with E-state index in [4.69, 9.17) is 4.74 Å². The van der Waals surface area contributed by atoms with Gasteiger partial charge in [-0.25, -0.2) is 4.98 Å². The van der Waals surface area contributed by atoms with Crippen LogP contribution >= 0.6 is 0 Å². The van der Waals surface area contributed by atoms with Crippen molar-refractivity contribution in [2.75, 3.05) is 19.7 Å². The fraction of sp³-hybridized carbons (Fsp3) is 0.484. The number of nitrogens with one attached hydrogen (secondary N) is 3. The Balaban J connectivity index is 1.44. The highest BCUT2D eigenvalue weighted by Crippen LogP contribution is 2.29. The Kier molecular flexibility index (Phi) is 10.1. The zero-order valence-corrected chi connectivity index (χ0v) is 24.7. The van der Waals surface area contributed by atoms with Gasteiger partial charge < -0.3 is 30.7 Å². The van der Waals surface area contributed by atoms with Gasteiger partial charge in [0.05, 0.1) is 19.2 Å². The van der Waals surface area contributed by atoms with Gasteiger partial charge in [0.2, 0.25) is 23.6 Å². The minimum atomic E-state index is -1.00. The van der Waals surface area contributed by atoms with Gasteiger partial charge in [0, 0.05) is 19.0 Å². The lowest BCUT2D eigenvalue weighted by Gasteiger charge is -2.28. The summed E-state index contributed by atoms with van der Waals surface area (Å²) in [5.41, 5.74) is -0.146. The first-order chi connectivity index (χ1) is 20.5. The molecule has 1 aromatic carbocycles. The molecule has 2 aliphatic rings. The number of aromatic nitrogens is 1. The van der Waals surface area contributed by atoms with Gasteiger partial charge in [-0.05, 0) is 43.7 Å². The van der Waals surface area contributed by atoms with Gasteiger partial charge in [-0.1, -0.05) is 50.2 Å². The van der Waals surface area contributed by atoms with Crippen LogP contribution in [-0.2, 0) is 30.3 Å². The summed E-state index contributed by atoms with van der Waals surface area (Å²) >= 11 is 0. The maximum absolute atomic E-state index is 13.6. The van der Waals surface area contributed by atoms with E-state index in [1.165, 1.54) is 23.1 Å². The summed E-state index contributed by atoms with van der Waals surface area (Å²) in [6.07, 6.45) is 1.57. The van der Waals surface area contributed by atoms with Gasteiger partial charge in [-0.3, -0.25) is 24.0 Å². The van der Waals surface area contributed by atoms with Crippen LogP contribution in [0, 0.1) is 5.92 Å². The highest BCUT2D eigenvalue weighted by molar-refractivity contribution is 5.99. The lowest BCUT2D eigenvalue weighted by atomic mass is 9.93. The third kappa shape index (κ3) is 8.38. The quantitative estimate of drug-likeness (QED) is 0.250. The molecule has 3 heterocycles. The number of ether oxygens (including phenoxy) is 1.